The van der Waals surface area contributed by atoms with E-state index in [1.807, 2.05) is 12.3 Å². The van der Waals surface area contributed by atoms with Gasteiger partial charge in [-0.3, -0.25) is 4.98 Å². The number of allylic oxidation sites excluding steroid dienone is 1. The lowest BCUT2D eigenvalue weighted by Crippen LogP contribution is -1.94. The molecule has 0 radical (unpaired) electrons. The summed E-state index contributed by atoms with van der Waals surface area (Å²) in [5, 5.41) is 2.44. The number of hydrogen-bond acceptors (Lipinski definition) is 1. The molecule has 4 aromatic rings. The third-order valence-electron chi connectivity index (χ3n) is 4.84. The zero-order valence-corrected chi connectivity index (χ0v) is 15.1. The van der Waals surface area contributed by atoms with Gasteiger partial charge in [-0.1, -0.05) is 84.9 Å². The van der Waals surface area contributed by atoms with Gasteiger partial charge in [-0.2, -0.15) is 0 Å². The molecule has 0 aliphatic carbocycles. The van der Waals surface area contributed by atoms with E-state index in [0.717, 1.165) is 5.69 Å². The number of fused-ring (bicyclic) bond motifs is 1. The van der Waals surface area contributed by atoms with Gasteiger partial charge < -0.3 is 0 Å². The molecule has 3 aromatic carbocycles. The number of nitrogens with zero attached hydrogens (tertiary/aromatic N) is 1. The molecule has 1 heterocycles. The summed E-state index contributed by atoms with van der Waals surface area (Å²) in [5.41, 5.74) is 7.13. The highest BCUT2D eigenvalue weighted by atomic mass is 14.7. The highest BCUT2D eigenvalue weighted by molar-refractivity contribution is 5.93. The van der Waals surface area contributed by atoms with Crippen LogP contribution in [0.25, 0.3) is 33.7 Å². The number of aryl methyl sites for hydroxylation is 1. The van der Waals surface area contributed by atoms with Crippen LogP contribution in [0.15, 0.2) is 85.1 Å². The van der Waals surface area contributed by atoms with Crippen LogP contribution < -0.4 is 0 Å². The minimum absolute atomic E-state index is 1.06. The molecule has 0 unspecified atom stereocenters. The molecule has 0 amide bonds. The molecule has 126 valence electrons. The van der Waals surface area contributed by atoms with Crippen molar-refractivity contribution in [2.45, 2.75) is 13.8 Å². The molecular formula is C25H21N. The molecule has 0 N–H and O–H groups in total. The molecule has 0 aliphatic heterocycles. The number of benzene rings is 3. The van der Waals surface area contributed by atoms with E-state index in [4.69, 9.17) is 4.98 Å². The van der Waals surface area contributed by atoms with Gasteiger partial charge >= 0.3 is 0 Å². The van der Waals surface area contributed by atoms with Crippen molar-refractivity contribution in [1.82, 2.24) is 4.98 Å². The Morgan fingerprint density at radius 3 is 2.35 bits per heavy atom. The van der Waals surface area contributed by atoms with Crippen molar-refractivity contribution in [2.24, 2.45) is 0 Å². The zero-order valence-electron chi connectivity index (χ0n) is 15.1. The highest BCUT2D eigenvalue weighted by Crippen LogP contribution is 2.33. The van der Waals surface area contributed by atoms with Gasteiger partial charge in [0.1, 0.15) is 0 Å². The Kier molecular flexibility index (Phi) is 4.37. The van der Waals surface area contributed by atoms with Crippen molar-refractivity contribution < 1.29 is 0 Å². The van der Waals surface area contributed by atoms with Crippen LogP contribution in [0.1, 0.15) is 23.6 Å². The van der Waals surface area contributed by atoms with E-state index in [1.165, 1.54) is 38.6 Å². The number of aromatic nitrogens is 1. The number of pyridine rings is 1. The summed E-state index contributed by atoms with van der Waals surface area (Å²) in [5.74, 6) is 0. The first-order valence-electron chi connectivity index (χ1n) is 8.91. The molecule has 0 saturated carbocycles. The molecule has 1 heteroatoms. The molecule has 4 rings (SSSR count). The van der Waals surface area contributed by atoms with Gasteiger partial charge in [-0.05, 0) is 41.5 Å². The minimum atomic E-state index is 1.06. The van der Waals surface area contributed by atoms with Crippen LogP contribution >= 0.6 is 0 Å². The maximum Gasteiger partial charge on any atom is 0.0743 e. The molecule has 0 saturated heterocycles. The third kappa shape index (κ3) is 3.04. The van der Waals surface area contributed by atoms with E-state index in [0.29, 0.717) is 0 Å². The lowest BCUT2D eigenvalue weighted by atomic mass is 9.93. The highest BCUT2D eigenvalue weighted by Gasteiger charge is 2.12. The number of hydrogen-bond donors (Lipinski definition) is 0. The Morgan fingerprint density at radius 2 is 1.50 bits per heavy atom. The van der Waals surface area contributed by atoms with Crippen LogP contribution in [0.5, 0.6) is 0 Å². The minimum Gasteiger partial charge on any atom is -0.255 e. The summed E-state index contributed by atoms with van der Waals surface area (Å²) < 4.78 is 0. The van der Waals surface area contributed by atoms with Crippen LogP contribution in [0.3, 0.4) is 0 Å². The van der Waals surface area contributed by atoms with Crippen LogP contribution in [0, 0.1) is 6.92 Å². The summed E-state index contributed by atoms with van der Waals surface area (Å²) in [6.07, 6.45) is 4.21. The average Bonchev–Trinajstić information content (AvgIpc) is 2.69. The van der Waals surface area contributed by atoms with E-state index >= 15 is 0 Å². The summed E-state index contributed by atoms with van der Waals surface area (Å²) in [4.78, 5) is 4.80. The van der Waals surface area contributed by atoms with Crippen molar-refractivity contribution in [1.29, 1.82) is 0 Å². The lowest BCUT2D eigenvalue weighted by Gasteiger charge is -2.13. The van der Waals surface area contributed by atoms with Crippen molar-refractivity contribution in [3.8, 4) is 11.3 Å². The Bertz CT molecular complexity index is 1090. The van der Waals surface area contributed by atoms with Crippen LogP contribution in [0.2, 0.25) is 0 Å². The molecule has 26 heavy (non-hydrogen) atoms. The maximum absolute atomic E-state index is 4.80. The Labute approximate surface area is 154 Å². The number of rotatable bonds is 3. The molecule has 0 fully saturated rings. The Morgan fingerprint density at radius 1 is 0.808 bits per heavy atom. The second-order valence-electron chi connectivity index (χ2n) is 6.60. The van der Waals surface area contributed by atoms with Crippen molar-refractivity contribution >= 4 is 22.4 Å². The van der Waals surface area contributed by atoms with Crippen LogP contribution in [0.4, 0.5) is 0 Å². The zero-order chi connectivity index (χ0) is 17.9. The Balaban J connectivity index is 1.87. The van der Waals surface area contributed by atoms with Gasteiger partial charge in [-0.25, -0.2) is 0 Å². The van der Waals surface area contributed by atoms with Gasteiger partial charge in [-0.15, -0.1) is 0 Å². The van der Waals surface area contributed by atoms with E-state index in [9.17, 15) is 0 Å². The van der Waals surface area contributed by atoms with Gasteiger partial charge in [0.2, 0.25) is 0 Å². The fourth-order valence-corrected chi connectivity index (χ4v) is 3.49. The first-order valence-corrected chi connectivity index (χ1v) is 8.91. The SMILES string of the molecule is C/C(=C\c1ccccc1)c1ccccc1-c1ncc2ccccc2c1C. The first-order chi connectivity index (χ1) is 12.7. The maximum atomic E-state index is 4.80. The molecule has 0 spiro atoms. The third-order valence-corrected chi connectivity index (χ3v) is 4.84. The molecule has 1 aromatic heterocycles. The second kappa shape index (κ2) is 6.97. The quantitative estimate of drug-likeness (QED) is 0.376. The molecule has 0 atom stereocenters. The summed E-state index contributed by atoms with van der Waals surface area (Å²) in [7, 11) is 0. The second-order valence-corrected chi connectivity index (χ2v) is 6.60. The topological polar surface area (TPSA) is 12.9 Å². The normalized spacial score (nSPS) is 11.7. The molecule has 0 aliphatic rings. The van der Waals surface area contributed by atoms with Gasteiger partial charge in [0.25, 0.3) is 0 Å². The van der Waals surface area contributed by atoms with Crippen molar-refractivity contribution in [2.75, 3.05) is 0 Å². The van der Waals surface area contributed by atoms with Crippen molar-refractivity contribution in [3.05, 3.63) is 102 Å². The fourth-order valence-electron chi connectivity index (χ4n) is 3.49. The van der Waals surface area contributed by atoms with E-state index in [2.05, 4.69) is 92.7 Å². The van der Waals surface area contributed by atoms with Crippen LogP contribution in [-0.4, -0.2) is 4.98 Å². The standard InChI is InChI=1S/C25H21N/c1-18(16-20-10-4-3-5-11-20)22-13-8-9-15-24(22)25-19(2)23-14-7-6-12-21(23)17-26-25/h3-17H,1-2H3/b18-16+. The monoisotopic (exact) mass is 335 g/mol. The predicted octanol–water partition coefficient (Wildman–Crippen LogP) is 6.77. The molecule has 0 bridgehead atoms. The summed E-state index contributed by atoms with van der Waals surface area (Å²) in [6, 6.07) is 27.4. The van der Waals surface area contributed by atoms with Crippen molar-refractivity contribution in [3.63, 3.8) is 0 Å². The largest absolute Gasteiger partial charge is 0.255 e. The summed E-state index contributed by atoms with van der Waals surface area (Å²) >= 11 is 0. The lowest BCUT2D eigenvalue weighted by molar-refractivity contribution is 1.30. The van der Waals surface area contributed by atoms with Gasteiger partial charge in [0.05, 0.1) is 5.69 Å². The fraction of sp³-hybridized carbons (Fsp3) is 0.0800. The van der Waals surface area contributed by atoms with E-state index in [1.54, 1.807) is 0 Å². The first kappa shape index (κ1) is 16.3. The Hall–Kier alpha value is -3.19. The molecule has 1 nitrogen and oxygen atoms in total. The van der Waals surface area contributed by atoms with Crippen LogP contribution in [-0.2, 0) is 0 Å². The predicted molar refractivity (Wildman–Crippen MR) is 112 cm³/mol. The van der Waals surface area contributed by atoms with E-state index in [-0.39, 0.29) is 0 Å². The smallest absolute Gasteiger partial charge is 0.0743 e. The summed E-state index contributed by atoms with van der Waals surface area (Å²) in [6.45, 7) is 4.33. The van der Waals surface area contributed by atoms with Gasteiger partial charge in [0.15, 0.2) is 0 Å². The average molecular weight is 335 g/mol. The van der Waals surface area contributed by atoms with Gasteiger partial charge in [0, 0.05) is 17.1 Å². The molecular weight excluding hydrogens is 314 g/mol. The van der Waals surface area contributed by atoms with E-state index < -0.39 is 0 Å².